The minimum Gasteiger partial charge on any atom is -0.273 e. The second-order valence-corrected chi connectivity index (χ2v) is 14.2. The molecule has 0 spiro atoms. The average molecular weight is 801 g/mol. The van der Waals surface area contributed by atoms with Crippen LogP contribution in [0.2, 0.25) is 0 Å². The molecule has 0 N–H and O–H groups in total. The van der Waals surface area contributed by atoms with E-state index in [-0.39, 0.29) is 22.5 Å². The Hall–Kier alpha value is -7.26. The molecule has 302 valence electrons. The molecule has 16 amide bonds. The molecule has 0 atom stereocenters. The molecule has 2 aromatic rings. The fourth-order valence-corrected chi connectivity index (χ4v) is 7.72. The van der Waals surface area contributed by atoms with E-state index in [0.717, 1.165) is 56.4 Å². The van der Waals surface area contributed by atoms with E-state index in [1.807, 2.05) is 0 Å². The van der Waals surface area contributed by atoms with Gasteiger partial charge in [-0.2, -0.15) is 0 Å². The van der Waals surface area contributed by atoms with Crippen LogP contribution in [0.1, 0.15) is 23.0 Å². The van der Waals surface area contributed by atoms with E-state index in [4.69, 9.17) is 0 Å². The number of aromatic nitrogens is 2. The molecular weight excluding hydrogens is 764 g/mol. The maximum Gasteiger partial charge on any atom is 0.332 e. The van der Waals surface area contributed by atoms with Crippen molar-refractivity contribution < 1.29 is 57.5 Å². The monoisotopic (exact) mass is 800 g/mol. The predicted molar refractivity (Wildman–Crippen MR) is 191 cm³/mol. The summed E-state index contributed by atoms with van der Waals surface area (Å²) in [6.07, 6.45) is 2.42. The molecule has 6 heterocycles. The van der Waals surface area contributed by atoms with Crippen molar-refractivity contribution in [1.29, 1.82) is 0 Å². The molecule has 0 saturated carbocycles. The quantitative estimate of drug-likeness (QED) is 0.304. The van der Waals surface area contributed by atoms with E-state index in [9.17, 15) is 57.5 Å². The van der Waals surface area contributed by atoms with Gasteiger partial charge in [0.2, 0.25) is 47.3 Å². The number of hydrogen-bond acceptors (Lipinski definition) is 14. The van der Waals surface area contributed by atoms with Gasteiger partial charge in [-0.1, -0.05) is 0 Å². The Morgan fingerprint density at radius 1 is 0.362 bits per heavy atom. The number of barbiturate groups is 4. The van der Waals surface area contributed by atoms with Gasteiger partial charge in [0, 0.05) is 80.6 Å². The first-order valence-electron chi connectivity index (χ1n) is 17.4. The van der Waals surface area contributed by atoms with Crippen molar-refractivity contribution in [3.63, 3.8) is 0 Å². The lowest BCUT2D eigenvalue weighted by Crippen LogP contribution is -2.63. The molecule has 6 rings (SSSR count). The highest BCUT2D eigenvalue weighted by molar-refractivity contribution is 6.21. The van der Waals surface area contributed by atoms with E-state index in [0.29, 0.717) is 39.2 Å². The summed E-state index contributed by atoms with van der Waals surface area (Å²) in [4.78, 5) is 175. The summed E-state index contributed by atoms with van der Waals surface area (Å²) >= 11 is 0. The number of nitrogens with zero attached hydrogens (tertiary/aromatic N) is 10. The molecule has 4 saturated heterocycles. The zero-order chi connectivity index (χ0) is 43.0. The lowest BCUT2D eigenvalue weighted by Gasteiger charge is -2.42. The van der Waals surface area contributed by atoms with Gasteiger partial charge in [0.15, 0.2) is 0 Å². The molecule has 0 radical (unpaired) electrons. The number of carbonyl (C=O) groups excluding carboxylic acids is 12. The highest BCUT2D eigenvalue weighted by atomic mass is 16.2. The van der Waals surface area contributed by atoms with Crippen molar-refractivity contribution in [1.82, 2.24) is 49.2 Å². The van der Waals surface area contributed by atoms with E-state index >= 15 is 0 Å². The number of carbonyl (C=O) groups is 12. The first kappa shape index (κ1) is 40.4. The van der Waals surface area contributed by atoms with E-state index in [1.54, 1.807) is 0 Å². The van der Waals surface area contributed by atoms with Crippen LogP contribution in [-0.4, -0.2) is 177 Å². The summed E-state index contributed by atoms with van der Waals surface area (Å²) in [7, 11) is 8.95. The van der Waals surface area contributed by atoms with Crippen LogP contribution in [0.4, 0.5) is 19.2 Å². The molecule has 0 bridgehead atoms. The number of rotatable bonds is 7. The lowest BCUT2D eigenvalue weighted by molar-refractivity contribution is -0.157. The summed E-state index contributed by atoms with van der Waals surface area (Å²) in [5, 5.41) is 0. The molecule has 0 aliphatic carbocycles. The van der Waals surface area contributed by atoms with Crippen LogP contribution >= 0.6 is 0 Å². The molecule has 58 heavy (non-hydrogen) atoms. The van der Waals surface area contributed by atoms with Crippen molar-refractivity contribution >= 4 is 71.4 Å². The zero-order valence-electron chi connectivity index (χ0n) is 32.3. The van der Waals surface area contributed by atoms with Crippen LogP contribution in [0, 0.1) is 23.7 Å². The van der Waals surface area contributed by atoms with Crippen LogP contribution in [0.15, 0.2) is 36.7 Å². The fraction of sp³-hybridized carbons (Fsp3) is 0.389. The molecule has 22 heteroatoms. The van der Waals surface area contributed by atoms with Crippen molar-refractivity contribution in [2.24, 2.45) is 23.7 Å². The second kappa shape index (κ2) is 14.4. The molecule has 4 aliphatic rings. The Labute approximate surface area is 328 Å². The molecule has 22 nitrogen and oxygen atoms in total. The Bertz CT molecular complexity index is 1930. The first-order valence-corrected chi connectivity index (χ1v) is 17.4. The molecule has 4 fully saturated rings. The molecule has 0 aromatic carbocycles. The van der Waals surface area contributed by atoms with Gasteiger partial charge in [-0.15, -0.1) is 0 Å². The maximum atomic E-state index is 13.8. The Morgan fingerprint density at radius 2 is 0.552 bits per heavy atom. The molecule has 2 aromatic heterocycles. The van der Waals surface area contributed by atoms with Crippen LogP contribution < -0.4 is 0 Å². The zero-order valence-corrected chi connectivity index (χ0v) is 32.3. The Kier molecular flexibility index (Phi) is 10.00. The van der Waals surface area contributed by atoms with Gasteiger partial charge in [0.25, 0.3) is 0 Å². The predicted octanol–water partition coefficient (Wildman–Crippen LogP) is -1.02. The van der Waals surface area contributed by atoms with Crippen molar-refractivity contribution in [2.75, 3.05) is 56.4 Å². The van der Waals surface area contributed by atoms with Crippen LogP contribution in [-0.2, 0) is 38.4 Å². The summed E-state index contributed by atoms with van der Waals surface area (Å²) in [6, 6.07) is 1.38. The van der Waals surface area contributed by atoms with E-state index < -0.39 is 107 Å². The Morgan fingerprint density at radius 3 is 0.741 bits per heavy atom. The molecule has 0 unspecified atom stereocenters. The van der Waals surface area contributed by atoms with Crippen LogP contribution in [0.25, 0.3) is 11.4 Å². The Balaban J connectivity index is 1.53. The SMILES string of the molecule is CN1C(=O)C(C(c2ccnc(-c3cc(C(C4C(=O)N(C)C(=O)N(C)C4=O)C4C(=O)N(C)C(=O)N(C)C4=O)ccn3)c2)C2C(=O)N(C)C(=O)N(C)C2=O)C(=O)N(C)C1=O. The largest absolute Gasteiger partial charge is 0.332 e. The summed E-state index contributed by atoms with van der Waals surface area (Å²) < 4.78 is 0. The summed E-state index contributed by atoms with van der Waals surface area (Å²) in [5.41, 5.74) is -0.0838. The second-order valence-electron chi connectivity index (χ2n) is 14.2. The smallest absolute Gasteiger partial charge is 0.273 e. The molecule has 4 aliphatic heterocycles. The third kappa shape index (κ3) is 5.94. The number of pyridine rings is 2. The normalized spacial score (nSPS) is 20.2. The van der Waals surface area contributed by atoms with Crippen LogP contribution in [0.5, 0.6) is 0 Å². The van der Waals surface area contributed by atoms with Gasteiger partial charge < -0.3 is 0 Å². The van der Waals surface area contributed by atoms with Gasteiger partial charge >= 0.3 is 24.1 Å². The van der Waals surface area contributed by atoms with Gasteiger partial charge in [-0.3, -0.25) is 87.5 Å². The van der Waals surface area contributed by atoms with Gasteiger partial charge in [0.05, 0.1) is 11.4 Å². The maximum absolute atomic E-state index is 13.8. The lowest BCUT2D eigenvalue weighted by atomic mass is 9.72. The van der Waals surface area contributed by atoms with Gasteiger partial charge in [-0.05, 0) is 35.4 Å². The first-order chi connectivity index (χ1) is 27.1. The van der Waals surface area contributed by atoms with Crippen molar-refractivity contribution in [3.8, 4) is 11.4 Å². The standard InChI is InChI=1S/C36H36N10O12/c1-39-25(47)21(26(48)40(2)33(39)55)19(22-27(49)41(3)34(56)42(4)28(22)50)15-9-11-37-17(13-15)18-14-16(10-12-38-18)20(23-29(51)43(5)35(57)44(6)30(23)52)24-31(53)45(7)36(58)46(8)32(24)54/h9-14,19-24H,1-8H3. The minimum atomic E-state index is -1.83. The highest BCUT2D eigenvalue weighted by Crippen LogP contribution is 2.43. The number of amides is 16. The van der Waals surface area contributed by atoms with Crippen molar-refractivity contribution in [3.05, 3.63) is 47.8 Å². The topological polar surface area (TPSA) is 257 Å². The van der Waals surface area contributed by atoms with Crippen molar-refractivity contribution in [2.45, 2.75) is 11.8 Å². The molecular formula is C36H36N10O12. The third-order valence-electron chi connectivity index (χ3n) is 11.1. The van der Waals surface area contributed by atoms with Crippen LogP contribution in [0.3, 0.4) is 0 Å². The number of imide groups is 8. The summed E-state index contributed by atoms with van der Waals surface area (Å²) in [5.74, 6) is -18.9. The number of urea groups is 4. The minimum absolute atomic E-state index is 0.00162. The van der Waals surface area contributed by atoms with E-state index in [2.05, 4.69) is 9.97 Å². The highest BCUT2D eigenvalue weighted by Gasteiger charge is 2.58. The number of hydrogen-bond donors (Lipinski definition) is 0. The van der Waals surface area contributed by atoms with Gasteiger partial charge in [0.1, 0.15) is 23.7 Å². The average Bonchev–Trinajstić information content (AvgIpc) is 3.22. The third-order valence-corrected chi connectivity index (χ3v) is 11.1. The van der Waals surface area contributed by atoms with Gasteiger partial charge in [-0.25, -0.2) is 19.2 Å². The fourth-order valence-electron chi connectivity index (χ4n) is 7.72. The summed E-state index contributed by atoms with van der Waals surface area (Å²) in [6.45, 7) is 0. The van der Waals surface area contributed by atoms with E-state index in [1.165, 1.54) is 36.7 Å².